The lowest BCUT2D eigenvalue weighted by Gasteiger charge is -2.37. The molecular formula is C11H18Cl3N6P. The first-order chi connectivity index (χ1) is 9.47. The summed E-state index contributed by atoms with van der Waals surface area (Å²) < 4.78 is 11.3. The van der Waals surface area contributed by atoms with Crippen molar-refractivity contribution in [2.75, 3.05) is 42.3 Å². The predicted molar refractivity (Wildman–Crippen MR) is 90.8 cm³/mol. The summed E-state index contributed by atoms with van der Waals surface area (Å²) in [5.41, 5.74) is 0.309. The number of allylic oxidation sites excluding steroid dienone is 1. The van der Waals surface area contributed by atoms with E-state index in [2.05, 4.69) is 4.74 Å². The summed E-state index contributed by atoms with van der Waals surface area (Å²) in [5, 5.41) is 9.43. The summed E-state index contributed by atoms with van der Waals surface area (Å²) >= 11 is 18.1. The van der Waals surface area contributed by atoms with Gasteiger partial charge in [-0.25, -0.2) is 14.1 Å². The van der Waals surface area contributed by atoms with Crippen LogP contribution in [0, 0.1) is 11.3 Å². The highest BCUT2D eigenvalue weighted by molar-refractivity contribution is 7.60. The fourth-order valence-electron chi connectivity index (χ4n) is 1.82. The van der Waals surface area contributed by atoms with Gasteiger partial charge in [0.05, 0.1) is 0 Å². The lowest BCUT2D eigenvalue weighted by atomic mass is 10.2. The Balaban J connectivity index is 3.85. The Kier molecular flexibility index (Phi) is 5.77. The van der Waals surface area contributed by atoms with Gasteiger partial charge in [0.25, 0.3) is 0 Å². The maximum atomic E-state index is 9.43. The van der Waals surface area contributed by atoms with E-state index in [-0.39, 0.29) is 11.3 Å². The van der Waals surface area contributed by atoms with Crippen LogP contribution in [0.1, 0.15) is 0 Å². The van der Waals surface area contributed by atoms with Gasteiger partial charge in [-0.2, -0.15) is 10.0 Å². The summed E-state index contributed by atoms with van der Waals surface area (Å²) in [6.07, 6.45) is 0. The Bertz CT molecular complexity index is 568. The molecule has 21 heavy (non-hydrogen) atoms. The van der Waals surface area contributed by atoms with Crippen LogP contribution < -0.4 is 0 Å². The molecule has 0 atom stereocenters. The molecule has 10 heteroatoms. The van der Waals surface area contributed by atoms with Crippen LogP contribution in [-0.2, 0) is 0 Å². The van der Waals surface area contributed by atoms with Crippen LogP contribution >= 0.6 is 42.3 Å². The highest BCUT2D eigenvalue weighted by Crippen LogP contribution is 2.60. The largest absolute Gasteiger partial charge is 0.362 e. The van der Waals surface area contributed by atoms with Crippen LogP contribution in [0.15, 0.2) is 20.8 Å². The summed E-state index contributed by atoms with van der Waals surface area (Å²) in [5.74, 6) is 0.463. The maximum Gasteiger partial charge on any atom is 0.234 e. The van der Waals surface area contributed by atoms with E-state index in [1.807, 2.05) is 43.6 Å². The molecule has 6 nitrogen and oxygen atoms in total. The zero-order chi connectivity index (χ0) is 16.6. The van der Waals surface area contributed by atoms with Crippen molar-refractivity contribution in [1.82, 2.24) is 14.2 Å². The van der Waals surface area contributed by atoms with Crippen LogP contribution in [0.5, 0.6) is 0 Å². The van der Waals surface area contributed by atoms with Crippen molar-refractivity contribution >= 4 is 48.1 Å². The van der Waals surface area contributed by atoms with E-state index in [4.69, 9.17) is 39.6 Å². The third-order valence-electron chi connectivity index (χ3n) is 2.80. The molecule has 0 saturated heterocycles. The molecule has 0 aromatic heterocycles. The van der Waals surface area contributed by atoms with Crippen molar-refractivity contribution in [3.05, 3.63) is 11.3 Å². The number of halogens is 3. The highest BCUT2D eigenvalue weighted by Gasteiger charge is 2.40. The predicted octanol–water partition coefficient (Wildman–Crippen LogP) is 3.18. The number of rotatable bonds is 2. The summed E-state index contributed by atoms with van der Waals surface area (Å²) in [4.78, 5) is 1.73. The molecule has 0 aromatic rings. The molecule has 1 heterocycles. The number of likely N-dealkylation sites (N-methyl/N-ethyl adjacent to an activating group) is 1. The molecule has 0 aromatic carbocycles. The Morgan fingerprint density at radius 2 is 1.52 bits per heavy atom. The van der Waals surface area contributed by atoms with Crippen LogP contribution in [-0.4, -0.2) is 66.2 Å². The topological polar surface area (TPSA) is 58.2 Å². The highest BCUT2D eigenvalue weighted by atomic mass is 35.6. The standard InChI is InChI=1S/C11H18Cl3N6P/c1-18(2)10-8(7-15)9(11(12,13)14)16-21(17-10,19(3)4)20(5)6/h1-6H3. The monoisotopic (exact) mass is 370 g/mol. The minimum atomic E-state index is -2.47. The van der Waals surface area contributed by atoms with Gasteiger partial charge in [-0.3, -0.25) is 0 Å². The van der Waals surface area contributed by atoms with E-state index in [0.29, 0.717) is 5.84 Å². The van der Waals surface area contributed by atoms with Gasteiger partial charge in [-0.15, -0.1) is 0 Å². The SMILES string of the molecule is CN(C)C1=NP(N(C)C)(N(C)C)=NC(C(Cl)(Cl)Cl)=C1C#N. The molecule has 1 rings (SSSR count). The Morgan fingerprint density at radius 3 is 1.81 bits per heavy atom. The van der Waals surface area contributed by atoms with E-state index in [1.54, 1.807) is 19.0 Å². The first-order valence-corrected chi connectivity index (χ1v) is 8.68. The average molecular weight is 372 g/mol. The molecule has 0 fully saturated rings. The van der Waals surface area contributed by atoms with Gasteiger partial charge in [0.2, 0.25) is 11.3 Å². The van der Waals surface area contributed by atoms with Gasteiger partial charge >= 0.3 is 0 Å². The van der Waals surface area contributed by atoms with Crippen LogP contribution in [0.25, 0.3) is 0 Å². The average Bonchev–Trinajstić information content (AvgIpc) is 2.35. The summed E-state index contributed by atoms with van der Waals surface area (Å²) in [6, 6.07) is 2.05. The number of hydrogen-bond acceptors (Lipinski definition) is 6. The van der Waals surface area contributed by atoms with E-state index in [9.17, 15) is 5.26 Å². The minimum absolute atomic E-state index is 0.129. The molecule has 1 aliphatic rings. The zero-order valence-electron chi connectivity index (χ0n) is 12.8. The van der Waals surface area contributed by atoms with Crippen molar-refractivity contribution in [2.45, 2.75) is 3.79 Å². The van der Waals surface area contributed by atoms with Gasteiger partial charge < -0.3 is 4.90 Å². The van der Waals surface area contributed by atoms with Gasteiger partial charge in [-0.05, 0) is 28.2 Å². The summed E-state index contributed by atoms with van der Waals surface area (Å²) in [6.45, 7) is 0. The second kappa shape index (κ2) is 6.45. The molecule has 0 bridgehead atoms. The number of nitriles is 1. The quantitative estimate of drug-likeness (QED) is 0.552. The van der Waals surface area contributed by atoms with Gasteiger partial charge in [0.1, 0.15) is 17.3 Å². The van der Waals surface area contributed by atoms with Crippen molar-refractivity contribution < 1.29 is 0 Å². The molecule has 0 radical (unpaired) electrons. The molecule has 0 N–H and O–H groups in total. The van der Waals surface area contributed by atoms with E-state index >= 15 is 0 Å². The Labute approximate surface area is 140 Å². The van der Waals surface area contributed by atoms with E-state index in [1.165, 1.54) is 0 Å². The van der Waals surface area contributed by atoms with Gasteiger partial charge in [-0.1, -0.05) is 34.8 Å². The van der Waals surface area contributed by atoms with Gasteiger partial charge in [0, 0.05) is 14.1 Å². The Hall–Kier alpha value is -0.280. The smallest absolute Gasteiger partial charge is 0.234 e. The molecular weight excluding hydrogens is 353 g/mol. The first-order valence-electron chi connectivity index (χ1n) is 5.94. The normalized spacial score (nSPS) is 18.5. The lowest BCUT2D eigenvalue weighted by molar-refractivity contribution is 0.554. The van der Waals surface area contributed by atoms with E-state index < -0.39 is 11.3 Å². The molecule has 0 saturated carbocycles. The van der Waals surface area contributed by atoms with Crippen molar-refractivity contribution in [2.24, 2.45) is 9.51 Å². The second-order valence-corrected chi connectivity index (χ2v) is 10.3. The second-order valence-electron chi connectivity index (χ2n) is 4.98. The lowest BCUT2D eigenvalue weighted by Crippen LogP contribution is -2.32. The minimum Gasteiger partial charge on any atom is -0.362 e. The van der Waals surface area contributed by atoms with Gasteiger partial charge in [0.15, 0.2) is 5.84 Å². The van der Waals surface area contributed by atoms with Crippen molar-refractivity contribution in [3.8, 4) is 6.07 Å². The third-order valence-corrected chi connectivity index (χ3v) is 6.41. The molecule has 0 aliphatic carbocycles. The molecule has 0 unspecified atom stereocenters. The molecule has 0 amide bonds. The van der Waals surface area contributed by atoms with Crippen LogP contribution in [0.3, 0.4) is 0 Å². The molecule has 0 spiro atoms. The van der Waals surface area contributed by atoms with Crippen LogP contribution in [0.4, 0.5) is 0 Å². The Morgan fingerprint density at radius 1 is 1.05 bits per heavy atom. The van der Waals surface area contributed by atoms with E-state index in [0.717, 1.165) is 0 Å². The number of hydrogen-bond donors (Lipinski definition) is 0. The van der Waals surface area contributed by atoms with Crippen molar-refractivity contribution in [1.29, 1.82) is 5.26 Å². The fourth-order valence-corrected chi connectivity index (χ4v) is 4.93. The maximum absolute atomic E-state index is 9.43. The molecule has 118 valence electrons. The fraction of sp³-hybridized carbons (Fsp3) is 0.636. The van der Waals surface area contributed by atoms with Crippen molar-refractivity contribution in [3.63, 3.8) is 0 Å². The first kappa shape index (κ1) is 18.8. The number of nitrogens with zero attached hydrogens (tertiary/aromatic N) is 6. The number of alkyl halides is 3. The summed E-state index contributed by atoms with van der Waals surface area (Å²) in [7, 11) is 8.56. The van der Waals surface area contributed by atoms with Crippen LogP contribution in [0.2, 0.25) is 0 Å². The third kappa shape index (κ3) is 3.56. The number of amidine groups is 1. The molecule has 1 aliphatic heterocycles. The zero-order valence-corrected chi connectivity index (χ0v) is 15.9.